The summed E-state index contributed by atoms with van der Waals surface area (Å²) in [4.78, 5) is 20.8. The summed E-state index contributed by atoms with van der Waals surface area (Å²) in [6.45, 7) is 1.02. The highest BCUT2D eigenvalue weighted by Gasteiger charge is 2.09. The Morgan fingerprint density at radius 3 is 2.14 bits per heavy atom. The van der Waals surface area contributed by atoms with Crippen LogP contribution >= 0.6 is 0 Å². The molecule has 0 unspecified atom stereocenters. The Morgan fingerprint density at radius 1 is 0.897 bits per heavy atom. The first-order valence-corrected chi connectivity index (χ1v) is 9.29. The number of benzene rings is 2. The molecule has 1 aromatic heterocycles. The van der Waals surface area contributed by atoms with Crippen LogP contribution in [0.15, 0.2) is 60.9 Å². The van der Waals surface area contributed by atoms with Crippen molar-refractivity contribution in [1.29, 1.82) is 0 Å². The molecule has 0 saturated carbocycles. The monoisotopic (exact) mass is 392 g/mol. The number of hydrogen-bond acceptors (Lipinski definition) is 6. The largest absolute Gasteiger partial charge is 0.496 e. The Kier molecular flexibility index (Phi) is 7.00. The Balaban J connectivity index is 1.51. The lowest BCUT2D eigenvalue weighted by Gasteiger charge is -2.10. The van der Waals surface area contributed by atoms with E-state index in [1.165, 1.54) is 12.4 Å². The van der Waals surface area contributed by atoms with Crippen LogP contribution in [0, 0.1) is 0 Å². The van der Waals surface area contributed by atoms with Gasteiger partial charge in [0.15, 0.2) is 0 Å². The van der Waals surface area contributed by atoms with Gasteiger partial charge in [-0.3, -0.25) is 4.79 Å². The van der Waals surface area contributed by atoms with Gasteiger partial charge in [-0.1, -0.05) is 36.4 Å². The zero-order valence-corrected chi connectivity index (χ0v) is 16.5. The molecule has 2 aromatic carbocycles. The van der Waals surface area contributed by atoms with E-state index in [9.17, 15) is 4.79 Å². The van der Waals surface area contributed by atoms with Crippen molar-refractivity contribution in [2.75, 3.05) is 26.1 Å². The van der Waals surface area contributed by atoms with Crippen molar-refractivity contribution in [2.45, 2.75) is 13.0 Å². The maximum Gasteiger partial charge on any atom is 0.254 e. The minimum Gasteiger partial charge on any atom is -0.496 e. The zero-order valence-electron chi connectivity index (χ0n) is 16.5. The predicted octanol–water partition coefficient (Wildman–Crippen LogP) is 3.08. The molecule has 0 aliphatic rings. The molecule has 0 bridgehead atoms. The number of amides is 1. The number of methoxy groups -OCH3 is 2. The lowest BCUT2D eigenvalue weighted by Crippen LogP contribution is -2.23. The van der Waals surface area contributed by atoms with Gasteiger partial charge in [-0.25, -0.2) is 9.97 Å². The number of nitrogens with zero attached hydrogens (tertiary/aromatic N) is 2. The predicted molar refractivity (Wildman–Crippen MR) is 111 cm³/mol. The molecule has 0 radical (unpaired) electrons. The van der Waals surface area contributed by atoms with E-state index in [1.807, 2.05) is 48.5 Å². The van der Waals surface area contributed by atoms with E-state index in [0.717, 1.165) is 29.0 Å². The first-order chi connectivity index (χ1) is 14.2. The fourth-order valence-corrected chi connectivity index (χ4v) is 2.88. The van der Waals surface area contributed by atoms with Crippen molar-refractivity contribution >= 4 is 11.9 Å². The number of hydrogen-bond donors (Lipinski definition) is 2. The number of para-hydroxylation sites is 2. The highest BCUT2D eigenvalue weighted by molar-refractivity contribution is 5.93. The third kappa shape index (κ3) is 5.44. The molecule has 0 saturated heterocycles. The lowest BCUT2D eigenvalue weighted by atomic mass is 10.1. The van der Waals surface area contributed by atoms with Crippen LogP contribution in [0.3, 0.4) is 0 Å². The zero-order chi connectivity index (χ0) is 20.5. The molecule has 0 spiro atoms. The van der Waals surface area contributed by atoms with Crippen LogP contribution in [0.4, 0.5) is 5.95 Å². The highest BCUT2D eigenvalue weighted by Crippen LogP contribution is 2.18. The number of carbonyl (C=O) groups is 1. The van der Waals surface area contributed by atoms with Crippen molar-refractivity contribution in [1.82, 2.24) is 15.3 Å². The van der Waals surface area contributed by atoms with Gasteiger partial charge in [-0.2, -0.15) is 0 Å². The van der Waals surface area contributed by atoms with Gasteiger partial charge in [0.1, 0.15) is 11.5 Å². The van der Waals surface area contributed by atoms with Crippen LogP contribution in [-0.2, 0) is 13.0 Å². The topological polar surface area (TPSA) is 85.4 Å². The Bertz CT molecular complexity index is 945. The van der Waals surface area contributed by atoms with Gasteiger partial charge in [-0.05, 0) is 24.1 Å². The third-order valence-electron chi connectivity index (χ3n) is 4.42. The fraction of sp³-hybridized carbons (Fsp3) is 0.227. The Labute approximate surface area is 170 Å². The van der Waals surface area contributed by atoms with Gasteiger partial charge in [0.05, 0.1) is 19.8 Å². The summed E-state index contributed by atoms with van der Waals surface area (Å²) in [5.41, 5.74) is 2.41. The summed E-state index contributed by atoms with van der Waals surface area (Å²) in [7, 11) is 3.26. The van der Waals surface area contributed by atoms with Crippen molar-refractivity contribution in [3.05, 3.63) is 77.6 Å². The molecule has 150 valence electrons. The quantitative estimate of drug-likeness (QED) is 0.582. The SMILES string of the molecule is COc1ccccc1CCNc1ncc(C(=O)NCc2ccccc2OC)cn1. The van der Waals surface area contributed by atoms with Crippen LogP contribution in [0.1, 0.15) is 21.5 Å². The second-order valence-electron chi connectivity index (χ2n) is 6.28. The number of aromatic nitrogens is 2. The van der Waals surface area contributed by atoms with Crippen LogP contribution in [0.25, 0.3) is 0 Å². The van der Waals surface area contributed by atoms with E-state index in [1.54, 1.807) is 14.2 Å². The van der Waals surface area contributed by atoms with Crippen LogP contribution < -0.4 is 20.1 Å². The van der Waals surface area contributed by atoms with E-state index < -0.39 is 0 Å². The minimum absolute atomic E-state index is 0.239. The second kappa shape index (κ2) is 10.1. The Hall–Kier alpha value is -3.61. The molecule has 0 atom stereocenters. The van der Waals surface area contributed by atoms with Gasteiger partial charge in [0.2, 0.25) is 5.95 Å². The van der Waals surface area contributed by atoms with Gasteiger partial charge in [-0.15, -0.1) is 0 Å². The van der Waals surface area contributed by atoms with Crippen LogP contribution in [-0.4, -0.2) is 36.6 Å². The van der Waals surface area contributed by atoms with Crippen molar-refractivity contribution < 1.29 is 14.3 Å². The van der Waals surface area contributed by atoms with E-state index in [0.29, 0.717) is 24.6 Å². The van der Waals surface area contributed by atoms with Crippen molar-refractivity contribution in [3.8, 4) is 11.5 Å². The van der Waals surface area contributed by atoms with E-state index in [4.69, 9.17) is 9.47 Å². The van der Waals surface area contributed by atoms with Crippen LogP contribution in [0.2, 0.25) is 0 Å². The summed E-state index contributed by atoms with van der Waals surface area (Å²) in [5, 5.41) is 6.01. The molecule has 7 nitrogen and oxygen atoms in total. The second-order valence-corrected chi connectivity index (χ2v) is 6.28. The summed E-state index contributed by atoms with van der Waals surface area (Å²) in [5.74, 6) is 1.83. The molecule has 2 N–H and O–H groups in total. The number of anilines is 1. The van der Waals surface area contributed by atoms with Gasteiger partial charge < -0.3 is 20.1 Å². The van der Waals surface area contributed by atoms with Gasteiger partial charge >= 0.3 is 0 Å². The molecule has 0 aliphatic heterocycles. The first kappa shape index (κ1) is 20.1. The number of ether oxygens (including phenoxy) is 2. The average molecular weight is 392 g/mol. The summed E-state index contributed by atoms with van der Waals surface area (Å²) < 4.78 is 10.6. The molecule has 1 heterocycles. The number of carbonyl (C=O) groups excluding carboxylic acids is 1. The fourth-order valence-electron chi connectivity index (χ4n) is 2.88. The number of nitrogens with one attached hydrogen (secondary N) is 2. The van der Waals surface area contributed by atoms with E-state index in [2.05, 4.69) is 20.6 Å². The average Bonchev–Trinajstić information content (AvgIpc) is 2.78. The molecule has 0 fully saturated rings. The molecule has 29 heavy (non-hydrogen) atoms. The highest BCUT2D eigenvalue weighted by atomic mass is 16.5. The van der Waals surface area contributed by atoms with Crippen molar-refractivity contribution in [3.63, 3.8) is 0 Å². The molecule has 3 rings (SSSR count). The molecular formula is C22H24N4O3. The normalized spacial score (nSPS) is 10.3. The third-order valence-corrected chi connectivity index (χ3v) is 4.42. The van der Waals surface area contributed by atoms with Gasteiger partial charge in [0, 0.05) is 31.0 Å². The van der Waals surface area contributed by atoms with E-state index >= 15 is 0 Å². The first-order valence-electron chi connectivity index (χ1n) is 9.29. The maximum absolute atomic E-state index is 12.3. The summed E-state index contributed by atoms with van der Waals surface area (Å²) >= 11 is 0. The molecule has 3 aromatic rings. The number of rotatable bonds is 9. The molecule has 0 aliphatic carbocycles. The van der Waals surface area contributed by atoms with E-state index in [-0.39, 0.29) is 5.91 Å². The lowest BCUT2D eigenvalue weighted by molar-refractivity contribution is 0.0950. The standard InChI is InChI=1S/C22H24N4O3/c1-28-19-9-5-3-7-16(19)11-12-23-22-25-14-18(15-26-22)21(27)24-13-17-8-4-6-10-20(17)29-2/h3-10,14-15H,11-13H2,1-2H3,(H,24,27)(H,23,25,26). The van der Waals surface area contributed by atoms with Crippen molar-refractivity contribution in [2.24, 2.45) is 0 Å². The van der Waals surface area contributed by atoms with Gasteiger partial charge in [0.25, 0.3) is 5.91 Å². The summed E-state index contributed by atoms with van der Waals surface area (Å²) in [6, 6.07) is 15.4. The molecule has 1 amide bonds. The van der Waals surface area contributed by atoms with Crippen LogP contribution in [0.5, 0.6) is 11.5 Å². The minimum atomic E-state index is -0.239. The smallest absolute Gasteiger partial charge is 0.254 e. The Morgan fingerprint density at radius 2 is 1.48 bits per heavy atom. The molecular weight excluding hydrogens is 368 g/mol. The maximum atomic E-state index is 12.3. The summed E-state index contributed by atoms with van der Waals surface area (Å²) in [6.07, 6.45) is 3.79. The molecule has 7 heteroatoms.